The fourth-order valence-corrected chi connectivity index (χ4v) is 2.39. The maximum absolute atomic E-state index is 12.1. The van der Waals surface area contributed by atoms with E-state index < -0.39 is 5.91 Å². The molecular weight excluding hydrogens is 347 g/mol. The van der Waals surface area contributed by atoms with Crippen molar-refractivity contribution in [2.75, 3.05) is 0 Å². The maximum Gasteiger partial charge on any atom is 0.289 e. The summed E-state index contributed by atoms with van der Waals surface area (Å²) >= 11 is 12.0. The first-order chi connectivity index (χ1) is 11.6. The minimum atomic E-state index is -0.404. The second-order valence-corrected chi connectivity index (χ2v) is 5.66. The summed E-state index contributed by atoms with van der Waals surface area (Å²) in [7, 11) is 0. The number of H-pyrrole nitrogens is 1. The number of carbonyl (C=O) groups excluding carboxylic acids is 1. The first kappa shape index (κ1) is 16.2. The Morgan fingerprint density at radius 3 is 2.71 bits per heavy atom. The molecule has 120 valence electrons. The molecule has 0 unspecified atom stereocenters. The molecule has 3 aromatic rings. The van der Waals surface area contributed by atoms with E-state index in [0.717, 1.165) is 5.56 Å². The zero-order valence-electron chi connectivity index (χ0n) is 12.3. The highest BCUT2D eigenvalue weighted by Crippen LogP contribution is 2.24. The van der Waals surface area contributed by atoms with Crippen LogP contribution in [0.2, 0.25) is 10.0 Å². The average Bonchev–Trinajstić information content (AvgIpc) is 3.09. The number of hydrazone groups is 1. The number of aromatic nitrogens is 2. The predicted molar refractivity (Wildman–Crippen MR) is 95.5 cm³/mol. The smallest absolute Gasteiger partial charge is 0.272 e. The number of rotatable bonds is 4. The standard InChI is InChI=1S/C17H12Cl2N4O/c18-13-8-4-7-12(16(13)19)10-20-23-17(24)15-9-14(21-22-15)11-5-2-1-3-6-11/h1-10H,(H,21,22)(H,23,24). The number of amides is 1. The molecule has 0 aliphatic heterocycles. The second-order valence-electron chi connectivity index (χ2n) is 4.88. The van der Waals surface area contributed by atoms with Crippen molar-refractivity contribution in [1.82, 2.24) is 15.6 Å². The Morgan fingerprint density at radius 1 is 1.12 bits per heavy atom. The lowest BCUT2D eigenvalue weighted by molar-refractivity contribution is 0.0950. The lowest BCUT2D eigenvalue weighted by Gasteiger charge is -2.00. The van der Waals surface area contributed by atoms with Crippen molar-refractivity contribution in [1.29, 1.82) is 0 Å². The van der Waals surface area contributed by atoms with Gasteiger partial charge in [-0.25, -0.2) is 5.43 Å². The van der Waals surface area contributed by atoms with Gasteiger partial charge in [0.15, 0.2) is 0 Å². The monoisotopic (exact) mass is 358 g/mol. The summed E-state index contributed by atoms with van der Waals surface area (Å²) in [4.78, 5) is 12.1. The molecule has 5 nitrogen and oxygen atoms in total. The van der Waals surface area contributed by atoms with Crippen LogP contribution in [-0.4, -0.2) is 22.3 Å². The molecular formula is C17H12Cl2N4O. The summed E-state index contributed by atoms with van der Waals surface area (Å²) < 4.78 is 0. The van der Waals surface area contributed by atoms with Gasteiger partial charge >= 0.3 is 0 Å². The summed E-state index contributed by atoms with van der Waals surface area (Å²) in [6.07, 6.45) is 1.43. The number of hydrogen-bond acceptors (Lipinski definition) is 3. The molecule has 24 heavy (non-hydrogen) atoms. The molecule has 1 aromatic heterocycles. The van der Waals surface area contributed by atoms with Gasteiger partial charge in [-0.15, -0.1) is 0 Å². The molecule has 0 atom stereocenters. The van der Waals surface area contributed by atoms with Gasteiger partial charge < -0.3 is 0 Å². The summed E-state index contributed by atoms with van der Waals surface area (Å²) in [5.74, 6) is -0.404. The van der Waals surface area contributed by atoms with Crippen LogP contribution in [0.5, 0.6) is 0 Å². The van der Waals surface area contributed by atoms with Gasteiger partial charge in [0.25, 0.3) is 5.91 Å². The largest absolute Gasteiger partial charge is 0.289 e. The summed E-state index contributed by atoms with van der Waals surface area (Å²) in [5.41, 5.74) is 4.94. The molecule has 0 bridgehead atoms. The third kappa shape index (κ3) is 3.64. The third-order valence-electron chi connectivity index (χ3n) is 3.24. The second kappa shape index (κ2) is 7.29. The van der Waals surface area contributed by atoms with E-state index in [1.165, 1.54) is 6.21 Å². The number of benzene rings is 2. The fourth-order valence-electron chi connectivity index (χ4n) is 2.04. The van der Waals surface area contributed by atoms with Crippen LogP contribution >= 0.6 is 23.2 Å². The Bertz CT molecular complexity index is 891. The van der Waals surface area contributed by atoms with Crippen molar-refractivity contribution in [3.8, 4) is 11.3 Å². The average molecular weight is 359 g/mol. The fraction of sp³-hybridized carbons (Fsp3) is 0. The van der Waals surface area contributed by atoms with Crippen LogP contribution in [0.15, 0.2) is 59.7 Å². The molecule has 0 aliphatic rings. The number of nitrogens with zero attached hydrogens (tertiary/aromatic N) is 2. The summed E-state index contributed by atoms with van der Waals surface area (Å²) in [5, 5.41) is 11.5. The number of carbonyl (C=O) groups is 1. The van der Waals surface area contributed by atoms with Gasteiger partial charge in [-0.2, -0.15) is 10.2 Å². The predicted octanol–water partition coefficient (Wildman–Crippen LogP) is 4.15. The molecule has 0 radical (unpaired) electrons. The molecule has 0 fully saturated rings. The first-order valence-corrected chi connectivity index (χ1v) is 7.79. The highest BCUT2D eigenvalue weighted by atomic mass is 35.5. The molecule has 0 saturated carbocycles. The SMILES string of the molecule is O=C(NN=Cc1cccc(Cl)c1Cl)c1cc(-c2ccccc2)n[nH]1. The van der Waals surface area contributed by atoms with Crippen LogP contribution in [0.4, 0.5) is 0 Å². The molecule has 2 N–H and O–H groups in total. The first-order valence-electron chi connectivity index (χ1n) is 7.03. The van der Waals surface area contributed by atoms with Crippen molar-refractivity contribution in [2.24, 2.45) is 5.10 Å². The van der Waals surface area contributed by atoms with E-state index >= 15 is 0 Å². The molecule has 0 aliphatic carbocycles. The molecule has 0 saturated heterocycles. The van der Waals surface area contributed by atoms with Gasteiger partial charge in [0.1, 0.15) is 5.69 Å². The van der Waals surface area contributed by atoms with Crippen molar-refractivity contribution in [3.05, 3.63) is 75.9 Å². The normalized spacial score (nSPS) is 10.9. The van der Waals surface area contributed by atoms with E-state index in [-0.39, 0.29) is 0 Å². The van der Waals surface area contributed by atoms with Crippen LogP contribution in [0, 0.1) is 0 Å². The molecule has 3 rings (SSSR count). The number of nitrogens with one attached hydrogen (secondary N) is 2. The van der Waals surface area contributed by atoms with Gasteiger partial charge in [-0.05, 0) is 12.1 Å². The quantitative estimate of drug-likeness (QED) is 0.543. The Kier molecular flexibility index (Phi) is 4.93. The number of aromatic amines is 1. The Hall–Kier alpha value is -2.63. The zero-order chi connectivity index (χ0) is 16.9. The molecule has 7 heteroatoms. The summed E-state index contributed by atoms with van der Waals surface area (Å²) in [6.45, 7) is 0. The van der Waals surface area contributed by atoms with Crippen LogP contribution in [-0.2, 0) is 0 Å². The highest BCUT2D eigenvalue weighted by molar-refractivity contribution is 6.43. The lowest BCUT2D eigenvalue weighted by atomic mass is 10.1. The van der Waals surface area contributed by atoms with Crippen molar-refractivity contribution in [2.45, 2.75) is 0 Å². The van der Waals surface area contributed by atoms with Crippen LogP contribution < -0.4 is 5.43 Å². The van der Waals surface area contributed by atoms with Crippen LogP contribution in [0.25, 0.3) is 11.3 Å². The van der Waals surface area contributed by atoms with Gasteiger partial charge in [-0.3, -0.25) is 9.89 Å². The van der Waals surface area contributed by atoms with Crippen molar-refractivity contribution >= 4 is 35.3 Å². The Morgan fingerprint density at radius 2 is 1.92 bits per heavy atom. The van der Waals surface area contributed by atoms with Crippen LogP contribution in [0.1, 0.15) is 16.1 Å². The van der Waals surface area contributed by atoms with Gasteiger partial charge in [0.2, 0.25) is 0 Å². The van der Waals surface area contributed by atoms with E-state index in [1.807, 2.05) is 30.3 Å². The molecule has 2 aromatic carbocycles. The highest BCUT2D eigenvalue weighted by Gasteiger charge is 2.10. The van der Waals surface area contributed by atoms with Gasteiger partial charge in [0, 0.05) is 11.1 Å². The van der Waals surface area contributed by atoms with E-state index in [9.17, 15) is 4.79 Å². The van der Waals surface area contributed by atoms with Gasteiger partial charge in [-0.1, -0.05) is 65.7 Å². The molecule has 1 amide bonds. The number of halogens is 2. The minimum Gasteiger partial charge on any atom is -0.272 e. The van der Waals surface area contributed by atoms with Gasteiger partial charge in [0.05, 0.1) is 22.0 Å². The van der Waals surface area contributed by atoms with Crippen LogP contribution in [0.3, 0.4) is 0 Å². The van der Waals surface area contributed by atoms with E-state index in [0.29, 0.717) is 27.0 Å². The molecule has 1 heterocycles. The van der Waals surface area contributed by atoms with E-state index in [1.54, 1.807) is 24.3 Å². The molecule has 0 spiro atoms. The Balaban J connectivity index is 1.69. The Labute approximate surface area is 148 Å². The van der Waals surface area contributed by atoms with Crippen molar-refractivity contribution < 1.29 is 4.79 Å². The topological polar surface area (TPSA) is 70.1 Å². The third-order valence-corrected chi connectivity index (χ3v) is 4.08. The van der Waals surface area contributed by atoms with E-state index in [2.05, 4.69) is 20.7 Å². The zero-order valence-corrected chi connectivity index (χ0v) is 13.8. The lowest BCUT2D eigenvalue weighted by Crippen LogP contribution is -2.18. The summed E-state index contributed by atoms with van der Waals surface area (Å²) in [6, 6.07) is 16.4. The maximum atomic E-state index is 12.1. The van der Waals surface area contributed by atoms with Crippen molar-refractivity contribution in [3.63, 3.8) is 0 Å². The van der Waals surface area contributed by atoms with E-state index in [4.69, 9.17) is 23.2 Å². The minimum absolute atomic E-state index is 0.309. The number of hydrogen-bond donors (Lipinski definition) is 2.